The summed E-state index contributed by atoms with van der Waals surface area (Å²) in [5.41, 5.74) is -1.07. The zero-order valence-corrected chi connectivity index (χ0v) is 9.32. The second-order valence-electron chi connectivity index (χ2n) is 4.10. The smallest absolute Gasteiger partial charge is 0.319 e. The minimum Gasteiger partial charge on any atom is -0.481 e. The third-order valence-corrected chi connectivity index (χ3v) is 3.13. The first kappa shape index (κ1) is 12.7. The van der Waals surface area contributed by atoms with E-state index in [1.807, 2.05) is 0 Å². The van der Waals surface area contributed by atoms with Crippen LogP contribution in [0.1, 0.15) is 38.5 Å². The standard InChI is InChI=1S/C11H16O5/c1-16-10(15)11(6-2-3-7-11)8(12)4-5-9(13)14/h2-7H2,1H3,(H,13,14). The van der Waals surface area contributed by atoms with Crippen LogP contribution in [0.5, 0.6) is 0 Å². The van der Waals surface area contributed by atoms with Crippen LogP contribution in [-0.2, 0) is 19.1 Å². The highest BCUT2D eigenvalue weighted by Crippen LogP contribution is 2.41. The van der Waals surface area contributed by atoms with E-state index < -0.39 is 17.4 Å². The van der Waals surface area contributed by atoms with Crippen LogP contribution < -0.4 is 0 Å². The molecule has 1 saturated carbocycles. The molecule has 0 amide bonds. The number of carboxylic acid groups (broad SMARTS) is 1. The van der Waals surface area contributed by atoms with Crippen molar-refractivity contribution in [1.82, 2.24) is 0 Å². The number of hydrogen-bond donors (Lipinski definition) is 1. The maximum Gasteiger partial charge on any atom is 0.319 e. The molecule has 1 aliphatic rings. The Morgan fingerprint density at radius 1 is 1.19 bits per heavy atom. The predicted molar refractivity (Wildman–Crippen MR) is 54.8 cm³/mol. The zero-order valence-electron chi connectivity index (χ0n) is 9.32. The van der Waals surface area contributed by atoms with E-state index in [4.69, 9.17) is 5.11 Å². The third-order valence-electron chi connectivity index (χ3n) is 3.13. The van der Waals surface area contributed by atoms with Crippen molar-refractivity contribution in [2.24, 2.45) is 5.41 Å². The molecule has 5 nitrogen and oxygen atoms in total. The summed E-state index contributed by atoms with van der Waals surface area (Å²) in [6, 6.07) is 0. The number of rotatable bonds is 5. The summed E-state index contributed by atoms with van der Waals surface area (Å²) in [4.78, 5) is 33.9. The number of hydrogen-bond acceptors (Lipinski definition) is 4. The second-order valence-corrected chi connectivity index (χ2v) is 4.10. The van der Waals surface area contributed by atoms with Gasteiger partial charge in [0.1, 0.15) is 5.41 Å². The Morgan fingerprint density at radius 3 is 2.19 bits per heavy atom. The summed E-state index contributed by atoms with van der Waals surface area (Å²) in [7, 11) is 1.26. The molecule has 5 heteroatoms. The molecular weight excluding hydrogens is 212 g/mol. The third kappa shape index (κ3) is 2.40. The van der Waals surface area contributed by atoms with Crippen LogP contribution in [0.3, 0.4) is 0 Å². The second kappa shape index (κ2) is 5.09. The molecule has 0 aromatic carbocycles. The van der Waals surface area contributed by atoms with E-state index in [1.165, 1.54) is 7.11 Å². The van der Waals surface area contributed by atoms with Gasteiger partial charge in [-0.25, -0.2) is 0 Å². The van der Waals surface area contributed by atoms with Crippen LogP contribution >= 0.6 is 0 Å². The molecule has 16 heavy (non-hydrogen) atoms. The van der Waals surface area contributed by atoms with Crippen LogP contribution in [0.2, 0.25) is 0 Å². The summed E-state index contributed by atoms with van der Waals surface area (Å²) in [5.74, 6) is -1.83. The maximum atomic E-state index is 11.9. The Bertz CT molecular complexity index is 301. The number of ether oxygens (including phenoxy) is 1. The number of carbonyl (C=O) groups excluding carboxylic acids is 2. The van der Waals surface area contributed by atoms with Gasteiger partial charge in [0.25, 0.3) is 0 Å². The van der Waals surface area contributed by atoms with Crippen LogP contribution in [0, 0.1) is 5.41 Å². The summed E-state index contributed by atoms with van der Waals surface area (Å²) in [6.07, 6.45) is 2.28. The van der Waals surface area contributed by atoms with Gasteiger partial charge < -0.3 is 9.84 Å². The lowest BCUT2D eigenvalue weighted by Crippen LogP contribution is -2.38. The quantitative estimate of drug-likeness (QED) is 0.564. The highest BCUT2D eigenvalue weighted by Gasteiger charge is 2.48. The summed E-state index contributed by atoms with van der Waals surface area (Å²) < 4.78 is 4.66. The Morgan fingerprint density at radius 2 is 1.75 bits per heavy atom. The molecule has 0 unspecified atom stereocenters. The highest BCUT2D eigenvalue weighted by molar-refractivity contribution is 6.04. The lowest BCUT2D eigenvalue weighted by Gasteiger charge is -2.23. The van der Waals surface area contributed by atoms with E-state index >= 15 is 0 Å². The highest BCUT2D eigenvalue weighted by atomic mass is 16.5. The van der Waals surface area contributed by atoms with Gasteiger partial charge in [0.15, 0.2) is 5.78 Å². The van der Waals surface area contributed by atoms with Gasteiger partial charge in [-0.3, -0.25) is 14.4 Å². The molecule has 0 saturated heterocycles. The van der Waals surface area contributed by atoms with Crippen molar-refractivity contribution in [2.45, 2.75) is 38.5 Å². The van der Waals surface area contributed by atoms with E-state index in [9.17, 15) is 14.4 Å². The fourth-order valence-electron chi connectivity index (χ4n) is 2.23. The Hall–Kier alpha value is -1.39. The zero-order chi connectivity index (χ0) is 12.2. The summed E-state index contributed by atoms with van der Waals surface area (Å²) in [6.45, 7) is 0. The van der Waals surface area contributed by atoms with Crippen molar-refractivity contribution >= 4 is 17.7 Å². The van der Waals surface area contributed by atoms with Gasteiger partial charge in [0, 0.05) is 6.42 Å². The number of carbonyl (C=O) groups is 3. The first-order valence-electron chi connectivity index (χ1n) is 5.36. The first-order chi connectivity index (χ1) is 7.53. The monoisotopic (exact) mass is 228 g/mol. The molecule has 90 valence electrons. The average Bonchev–Trinajstić information content (AvgIpc) is 2.74. The molecule has 0 atom stereocenters. The van der Waals surface area contributed by atoms with E-state index in [-0.39, 0.29) is 18.6 Å². The molecule has 1 aliphatic carbocycles. The van der Waals surface area contributed by atoms with Crippen molar-refractivity contribution in [3.05, 3.63) is 0 Å². The van der Waals surface area contributed by atoms with Gasteiger partial charge in [-0.15, -0.1) is 0 Å². The minimum atomic E-state index is -1.07. The van der Waals surface area contributed by atoms with E-state index in [1.54, 1.807) is 0 Å². The Labute approximate surface area is 93.8 Å². The molecule has 1 N–H and O–H groups in total. The van der Waals surface area contributed by atoms with Crippen molar-refractivity contribution in [3.8, 4) is 0 Å². The largest absolute Gasteiger partial charge is 0.481 e. The first-order valence-corrected chi connectivity index (χ1v) is 5.36. The topological polar surface area (TPSA) is 80.7 Å². The lowest BCUT2D eigenvalue weighted by molar-refractivity contribution is -0.158. The summed E-state index contributed by atoms with van der Waals surface area (Å²) in [5, 5.41) is 8.52. The fraction of sp³-hybridized carbons (Fsp3) is 0.727. The number of Topliss-reactive ketones (excluding diaryl/α,β-unsaturated/α-hetero) is 1. The number of ketones is 1. The molecule has 0 aromatic heterocycles. The maximum absolute atomic E-state index is 11.9. The number of methoxy groups -OCH3 is 1. The number of esters is 1. The lowest BCUT2D eigenvalue weighted by atomic mass is 9.80. The van der Waals surface area contributed by atoms with E-state index in [0.29, 0.717) is 12.8 Å². The number of carboxylic acids is 1. The molecule has 0 heterocycles. The van der Waals surface area contributed by atoms with Gasteiger partial charge in [-0.1, -0.05) is 12.8 Å². The van der Waals surface area contributed by atoms with Gasteiger partial charge >= 0.3 is 11.9 Å². The molecule has 0 aliphatic heterocycles. The Kier molecular flexibility index (Phi) is 4.04. The molecule has 0 spiro atoms. The Balaban J connectivity index is 2.73. The van der Waals surface area contributed by atoms with Crippen molar-refractivity contribution in [3.63, 3.8) is 0 Å². The number of aliphatic carboxylic acids is 1. The average molecular weight is 228 g/mol. The normalized spacial score (nSPS) is 18.1. The van der Waals surface area contributed by atoms with Gasteiger partial charge in [0.05, 0.1) is 13.5 Å². The van der Waals surface area contributed by atoms with Crippen molar-refractivity contribution < 1.29 is 24.2 Å². The molecular formula is C11H16O5. The molecule has 1 fully saturated rings. The molecule has 1 rings (SSSR count). The molecule has 0 bridgehead atoms. The van der Waals surface area contributed by atoms with Gasteiger partial charge in [-0.05, 0) is 12.8 Å². The SMILES string of the molecule is COC(=O)C1(C(=O)CCC(=O)O)CCCC1. The minimum absolute atomic E-state index is 0.0928. The summed E-state index contributed by atoms with van der Waals surface area (Å²) >= 11 is 0. The van der Waals surface area contributed by atoms with Crippen LogP contribution in [0.25, 0.3) is 0 Å². The van der Waals surface area contributed by atoms with Crippen LogP contribution in [0.15, 0.2) is 0 Å². The van der Waals surface area contributed by atoms with Crippen molar-refractivity contribution in [2.75, 3.05) is 7.11 Å². The van der Waals surface area contributed by atoms with Gasteiger partial charge in [0.2, 0.25) is 0 Å². The van der Waals surface area contributed by atoms with Gasteiger partial charge in [-0.2, -0.15) is 0 Å². The fourth-order valence-corrected chi connectivity index (χ4v) is 2.23. The van der Waals surface area contributed by atoms with E-state index in [2.05, 4.69) is 4.74 Å². The van der Waals surface area contributed by atoms with E-state index in [0.717, 1.165) is 12.8 Å². The van der Waals surface area contributed by atoms with Crippen LogP contribution in [0.4, 0.5) is 0 Å². The molecule has 0 aromatic rings. The van der Waals surface area contributed by atoms with Crippen LogP contribution in [-0.4, -0.2) is 29.9 Å². The predicted octanol–water partition coefficient (Wildman–Crippen LogP) is 1.15. The molecule has 0 radical (unpaired) electrons. The van der Waals surface area contributed by atoms with Crippen molar-refractivity contribution in [1.29, 1.82) is 0 Å².